The molecule has 28 heavy (non-hydrogen) atoms. The first-order valence-corrected chi connectivity index (χ1v) is 10.5. The third kappa shape index (κ3) is 4.27. The van der Waals surface area contributed by atoms with Gasteiger partial charge >= 0.3 is 0 Å². The second-order valence-corrected chi connectivity index (χ2v) is 8.29. The summed E-state index contributed by atoms with van der Waals surface area (Å²) < 4.78 is 1.67. The molecule has 1 amide bonds. The van der Waals surface area contributed by atoms with Gasteiger partial charge in [0, 0.05) is 39.4 Å². The highest BCUT2D eigenvalue weighted by atomic mass is 16.2. The number of aromatic amines is 1. The van der Waals surface area contributed by atoms with Crippen molar-refractivity contribution in [2.75, 3.05) is 26.2 Å². The van der Waals surface area contributed by atoms with Crippen LogP contribution in [0.15, 0.2) is 12.4 Å². The summed E-state index contributed by atoms with van der Waals surface area (Å²) in [5.41, 5.74) is 0.625. The minimum Gasteiger partial charge on any atom is -0.327 e. The zero-order chi connectivity index (χ0) is 19.5. The third-order valence-electron chi connectivity index (χ3n) is 6.12. The molecule has 2 aromatic heterocycles. The molecule has 0 radical (unpaired) electrons. The van der Waals surface area contributed by atoms with Crippen LogP contribution >= 0.6 is 0 Å². The quantitative estimate of drug-likeness (QED) is 0.873. The summed E-state index contributed by atoms with van der Waals surface area (Å²) in [6.07, 6.45) is 11.1. The number of carbonyl (C=O) groups is 1. The second kappa shape index (κ2) is 8.43. The number of carbonyl (C=O) groups excluding carboxylic acids is 1. The summed E-state index contributed by atoms with van der Waals surface area (Å²) in [4.78, 5) is 22.3. The first-order chi connectivity index (χ1) is 13.6. The normalized spacial score (nSPS) is 22.4. The highest BCUT2D eigenvalue weighted by Crippen LogP contribution is 2.29. The van der Waals surface area contributed by atoms with Crippen molar-refractivity contribution in [3.8, 4) is 0 Å². The molecule has 0 spiro atoms. The first kappa shape index (κ1) is 19.1. The molecule has 1 aliphatic carbocycles. The zero-order valence-electron chi connectivity index (χ0n) is 17.0. The Bertz CT molecular complexity index is 792. The van der Waals surface area contributed by atoms with Crippen molar-refractivity contribution in [1.82, 2.24) is 34.8 Å². The lowest BCUT2D eigenvalue weighted by molar-refractivity contribution is 0.0676. The Morgan fingerprint density at radius 2 is 2.00 bits per heavy atom. The number of H-pyrrole nitrogens is 1. The van der Waals surface area contributed by atoms with E-state index in [1.54, 1.807) is 17.1 Å². The van der Waals surface area contributed by atoms with Gasteiger partial charge in [-0.15, -0.1) is 0 Å². The largest absolute Gasteiger partial charge is 0.327 e. The van der Waals surface area contributed by atoms with Gasteiger partial charge in [0.1, 0.15) is 5.82 Å². The summed E-state index contributed by atoms with van der Waals surface area (Å²) in [6, 6.07) is -0.103. The van der Waals surface area contributed by atoms with Gasteiger partial charge in [-0.1, -0.05) is 19.3 Å². The van der Waals surface area contributed by atoms with E-state index in [0.717, 1.165) is 37.8 Å². The predicted octanol–water partition coefficient (Wildman–Crippen LogP) is 2.32. The van der Waals surface area contributed by atoms with E-state index in [0.29, 0.717) is 17.9 Å². The Morgan fingerprint density at radius 3 is 2.68 bits per heavy atom. The molecule has 1 aliphatic heterocycles. The maximum atomic E-state index is 13.2. The lowest BCUT2D eigenvalue weighted by Crippen LogP contribution is -2.38. The second-order valence-electron chi connectivity index (χ2n) is 8.29. The fourth-order valence-electron chi connectivity index (χ4n) is 4.61. The van der Waals surface area contributed by atoms with E-state index < -0.39 is 0 Å². The number of nitrogens with zero attached hydrogens (tertiary/aromatic N) is 6. The van der Waals surface area contributed by atoms with Gasteiger partial charge < -0.3 is 9.80 Å². The maximum Gasteiger partial charge on any atom is 0.257 e. The number of rotatable bonds is 4. The van der Waals surface area contributed by atoms with Crippen LogP contribution in [0.2, 0.25) is 0 Å². The highest BCUT2D eigenvalue weighted by Gasteiger charge is 2.33. The minimum atomic E-state index is -0.103. The molecule has 0 aromatic carbocycles. The lowest BCUT2D eigenvalue weighted by atomic mass is 9.89. The Morgan fingerprint density at radius 1 is 1.18 bits per heavy atom. The zero-order valence-corrected chi connectivity index (χ0v) is 17.0. The van der Waals surface area contributed by atoms with Crippen LogP contribution in [-0.2, 0) is 7.05 Å². The molecular formula is C20H31N7O. The van der Waals surface area contributed by atoms with Crippen molar-refractivity contribution in [2.24, 2.45) is 13.0 Å². The van der Waals surface area contributed by atoms with E-state index in [2.05, 4.69) is 25.2 Å². The molecule has 4 rings (SSSR count). The Labute approximate surface area is 166 Å². The molecule has 8 nitrogen and oxygen atoms in total. The molecular weight excluding hydrogens is 354 g/mol. The maximum absolute atomic E-state index is 13.2. The summed E-state index contributed by atoms with van der Waals surface area (Å²) in [6.45, 7) is 5.62. The van der Waals surface area contributed by atoms with Crippen LogP contribution in [0.4, 0.5) is 0 Å². The topological polar surface area (TPSA) is 82.9 Å². The number of amides is 1. The van der Waals surface area contributed by atoms with Crippen LogP contribution in [-0.4, -0.2) is 66.8 Å². The molecule has 2 aliphatic rings. The van der Waals surface area contributed by atoms with Gasteiger partial charge in [-0.2, -0.15) is 10.2 Å². The fraction of sp³-hybridized carbons (Fsp3) is 0.700. The van der Waals surface area contributed by atoms with Gasteiger partial charge in [-0.25, -0.2) is 4.98 Å². The van der Waals surface area contributed by atoms with Gasteiger partial charge in [0.05, 0.1) is 17.8 Å². The molecule has 2 fully saturated rings. The highest BCUT2D eigenvalue weighted by molar-refractivity contribution is 5.94. The van der Waals surface area contributed by atoms with Crippen molar-refractivity contribution in [1.29, 1.82) is 0 Å². The molecule has 8 heteroatoms. The number of aryl methyl sites for hydroxylation is 2. The Balaban J connectivity index is 1.52. The first-order valence-electron chi connectivity index (χ1n) is 10.5. The molecule has 1 unspecified atom stereocenters. The van der Waals surface area contributed by atoms with E-state index >= 15 is 0 Å². The van der Waals surface area contributed by atoms with Crippen LogP contribution < -0.4 is 0 Å². The van der Waals surface area contributed by atoms with Crippen molar-refractivity contribution >= 4 is 5.91 Å². The van der Waals surface area contributed by atoms with E-state index in [1.807, 2.05) is 18.9 Å². The number of aromatic nitrogens is 5. The summed E-state index contributed by atoms with van der Waals surface area (Å²) in [7, 11) is 1.83. The monoisotopic (exact) mass is 385 g/mol. The van der Waals surface area contributed by atoms with E-state index in [-0.39, 0.29) is 11.9 Å². The SMILES string of the molecule is Cc1nc(C2CCN(CC3CCCCC3)CCN2C(=O)c2cnn(C)c2)n[nH]1. The summed E-state index contributed by atoms with van der Waals surface area (Å²) in [5.74, 6) is 2.32. The van der Waals surface area contributed by atoms with E-state index in [9.17, 15) is 4.79 Å². The number of hydrogen-bond donors (Lipinski definition) is 1. The van der Waals surface area contributed by atoms with Crippen molar-refractivity contribution in [3.63, 3.8) is 0 Å². The minimum absolute atomic E-state index is 0.0140. The summed E-state index contributed by atoms with van der Waals surface area (Å²) in [5, 5.41) is 11.5. The molecule has 0 bridgehead atoms. The standard InChI is InChI=1S/C20H31N7O/c1-15-22-19(24-23-15)18-8-9-26(13-16-6-4-3-5-7-16)10-11-27(18)20(28)17-12-21-25(2)14-17/h12,14,16,18H,3-11,13H2,1-2H3,(H,22,23,24). The van der Waals surface area contributed by atoms with Crippen LogP contribution in [0.3, 0.4) is 0 Å². The van der Waals surface area contributed by atoms with Gasteiger partial charge in [-0.05, 0) is 32.1 Å². The summed E-state index contributed by atoms with van der Waals surface area (Å²) >= 11 is 0. The van der Waals surface area contributed by atoms with Gasteiger partial charge in [0.15, 0.2) is 5.82 Å². The van der Waals surface area contributed by atoms with Gasteiger partial charge in [-0.3, -0.25) is 14.6 Å². The molecule has 1 saturated carbocycles. The fourth-order valence-corrected chi connectivity index (χ4v) is 4.61. The Hall–Kier alpha value is -2.22. The third-order valence-corrected chi connectivity index (χ3v) is 6.12. The average Bonchev–Trinajstić information content (AvgIpc) is 3.26. The number of hydrogen-bond acceptors (Lipinski definition) is 5. The van der Waals surface area contributed by atoms with Crippen LogP contribution in [0, 0.1) is 12.8 Å². The molecule has 1 N–H and O–H groups in total. The van der Waals surface area contributed by atoms with Gasteiger partial charge in [0.25, 0.3) is 5.91 Å². The predicted molar refractivity (Wildman–Crippen MR) is 106 cm³/mol. The molecule has 3 heterocycles. The van der Waals surface area contributed by atoms with Crippen molar-refractivity contribution < 1.29 is 4.79 Å². The molecule has 1 saturated heterocycles. The Kier molecular flexibility index (Phi) is 5.75. The van der Waals surface area contributed by atoms with E-state index in [4.69, 9.17) is 0 Å². The molecule has 1 atom stereocenters. The van der Waals surface area contributed by atoms with Crippen molar-refractivity contribution in [3.05, 3.63) is 29.6 Å². The average molecular weight is 386 g/mol. The van der Waals surface area contributed by atoms with Gasteiger partial charge in [0.2, 0.25) is 0 Å². The van der Waals surface area contributed by atoms with Crippen LogP contribution in [0.1, 0.15) is 66.6 Å². The number of nitrogens with one attached hydrogen (secondary N) is 1. The van der Waals surface area contributed by atoms with Crippen LogP contribution in [0.25, 0.3) is 0 Å². The molecule has 2 aromatic rings. The lowest BCUT2D eigenvalue weighted by Gasteiger charge is -2.29. The van der Waals surface area contributed by atoms with Crippen LogP contribution in [0.5, 0.6) is 0 Å². The van der Waals surface area contributed by atoms with Crippen molar-refractivity contribution in [2.45, 2.75) is 51.5 Å². The molecule has 152 valence electrons. The smallest absolute Gasteiger partial charge is 0.257 e. The van der Waals surface area contributed by atoms with E-state index in [1.165, 1.54) is 32.1 Å².